The van der Waals surface area contributed by atoms with Gasteiger partial charge in [-0.2, -0.15) is 0 Å². The molecule has 2 rings (SSSR count). The Bertz CT molecular complexity index is 737. The summed E-state index contributed by atoms with van der Waals surface area (Å²) in [5.74, 6) is 0. The highest BCUT2D eigenvalue weighted by atomic mass is 35.5. The van der Waals surface area contributed by atoms with E-state index in [-0.39, 0.29) is 15.5 Å². The van der Waals surface area contributed by atoms with E-state index < -0.39 is 10.0 Å². The van der Waals surface area contributed by atoms with E-state index in [2.05, 4.69) is 9.71 Å². The highest BCUT2D eigenvalue weighted by Gasteiger charge is 2.16. The second kappa shape index (κ2) is 4.14. The van der Waals surface area contributed by atoms with Gasteiger partial charge in [-0.25, -0.2) is 13.1 Å². The summed E-state index contributed by atoms with van der Waals surface area (Å²) in [4.78, 5) is 13.7. The van der Waals surface area contributed by atoms with Crippen LogP contribution < -0.4 is 10.3 Å². The maximum atomic E-state index is 11.7. The van der Waals surface area contributed by atoms with E-state index in [0.717, 1.165) is 0 Å². The number of benzene rings is 1. The number of fused-ring (bicyclic) bond motifs is 1. The van der Waals surface area contributed by atoms with Gasteiger partial charge in [0.15, 0.2) is 0 Å². The van der Waals surface area contributed by atoms with Crippen molar-refractivity contribution in [2.45, 2.75) is 4.90 Å². The molecule has 17 heavy (non-hydrogen) atoms. The van der Waals surface area contributed by atoms with Crippen LogP contribution in [0.1, 0.15) is 0 Å². The molecule has 0 radical (unpaired) electrons. The second-order valence-electron chi connectivity index (χ2n) is 3.40. The molecule has 0 saturated carbocycles. The Kier molecular flexibility index (Phi) is 2.94. The number of H-pyrrole nitrogens is 1. The Labute approximate surface area is 102 Å². The molecule has 0 bridgehead atoms. The molecule has 0 amide bonds. The Morgan fingerprint density at radius 3 is 2.65 bits per heavy atom. The Morgan fingerprint density at radius 1 is 1.29 bits per heavy atom. The number of halogens is 1. The molecule has 90 valence electrons. The maximum Gasteiger partial charge on any atom is 0.248 e. The third-order valence-corrected chi connectivity index (χ3v) is 4.21. The Morgan fingerprint density at radius 2 is 2.00 bits per heavy atom. The summed E-state index contributed by atoms with van der Waals surface area (Å²) >= 11 is 5.88. The molecule has 5 nitrogen and oxygen atoms in total. The summed E-state index contributed by atoms with van der Waals surface area (Å²) in [6.45, 7) is 0. The van der Waals surface area contributed by atoms with Gasteiger partial charge in [0.25, 0.3) is 0 Å². The molecule has 1 heterocycles. The van der Waals surface area contributed by atoms with Crippen molar-refractivity contribution in [1.29, 1.82) is 0 Å². The molecule has 2 N–H and O–H groups in total. The monoisotopic (exact) mass is 272 g/mol. The molecule has 0 fully saturated rings. The number of nitrogens with one attached hydrogen (secondary N) is 2. The van der Waals surface area contributed by atoms with Crippen LogP contribution in [0.3, 0.4) is 0 Å². The number of rotatable bonds is 2. The van der Waals surface area contributed by atoms with Gasteiger partial charge in [-0.15, -0.1) is 0 Å². The quantitative estimate of drug-likeness (QED) is 0.859. The van der Waals surface area contributed by atoms with Gasteiger partial charge in [0.1, 0.15) is 4.90 Å². The molecular weight excluding hydrogens is 264 g/mol. The van der Waals surface area contributed by atoms with Gasteiger partial charge in [0.05, 0.1) is 5.02 Å². The first-order valence-electron chi connectivity index (χ1n) is 4.70. The molecule has 0 atom stereocenters. The summed E-state index contributed by atoms with van der Waals surface area (Å²) < 4.78 is 25.5. The fourth-order valence-corrected chi connectivity index (χ4v) is 2.76. The third kappa shape index (κ3) is 2.19. The molecule has 0 aliphatic heterocycles. The topological polar surface area (TPSA) is 79.0 Å². The van der Waals surface area contributed by atoms with Crippen LogP contribution in [0.2, 0.25) is 5.02 Å². The van der Waals surface area contributed by atoms with E-state index in [9.17, 15) is 13.2 Å². The first-order chi connectivity index (χ1) is 7.94. The number of hydrogen-bond donors (Lipinski definition) is 2. The van der Waals surface area contributed by atoms with Crippen molar-refractivity contribution in [3.8, 4) is 0 Å². The van der Waals surface area contributed by atoms with Gasteiger partial charge >= 0.3 is 0 Å². The molecule has 0 spiro atoms. The van der Waals surface area contributed by atoms with Crippen molar-refractivity contribution < 1.29 is 8.42 Å². The first kappa shape index (κ1) is 12.1. The minimum atomic E-state index is -3.60. The summed E-state index contributed by atoms with van der Waals surface area (Å²) in [7, 11) is -2.30. The molecule has 1 aromatic heterocycles. The van der Waals surface area contributed by atoms with Crippen molar-refractivity contribution in [3.05, 3.63) is 39.6 Å². The third-order valence-electron chi connectivity index (χ3n) is 2.33. The van der Waals surface area contributed by atoms with E-state index in [0.29, 0.717) is 10.9 Å². The van der Waals surface area contributed by atoms with Crippen molar-refractivity contribution >= 4 is 32.5 Å². The van der Waals surface area contributed by atoms with E-state index in [4.69, 9.17) is 11.6 Å². The van der Waals surface area contributed by atoms with Gasteiger partial charge in [-0.05, 0) is 30.6 Å². The van der Waals surface area contributed by atoms with Gasteiger partial charge in [0, 0.05) is 11.6 Å². The predicted octanol–water partition coefficient (Wildman–Crippen LogP) is 1.09. The standard InChI is InChI=1S/C10H9ClN2O3S/c1-12-17(15,16)9-4-6-2-3-10(14)13-8(6)5-7(9)11/h2-5,12H,1H3,(H,13,14). The number of hydrogen-bond acceptors (Lipinski definition) is 3. The van der Waals surface area contributed by atoms with Crippen molar-refractivity contribution in [2.24, 2.45) is 0 Å². The number of sulfonamides is 1. The van der Waals surface area contributed by atoms with Gasteiger partial charge in [-0.3, -0.25) is 4.79 Å². The Balaban J connectivity index is 2.81. The lowest BCUT2D eigenvalue weighted by Gasteiger charge is -2.06. The Hall–Kier alpha value is -1.37. The normalized spacial score (nSPS) is 11.9. The average molecular weight is 273 g/mol. The average Bonchev–Trinajstić information content (AvgIpc) is 2.27. The van der Waals surface area contributed by atoms with Crippen LogP contribution in [0, 0.1) is 0 Å². The molecular formula is C10H9ClN2O3S. The van der Waals surface area contributed by atoms with Crippen molar-refractivity contribution in [2.75, 3.05) is 7.05 Å². The zero-order valence-electron chi connectivity index (χ0n) is 8.82. The lowest BCUT2D eigenvalue weighted by molar-refractivity contribution is 0.588. The molecule has 0 aliphatic carbocycles. The minimum absolute atomic E-state index is 0.0128. The molecule has 0 unspecified atom stereocenters. The molecule has 7 heteroatoms. The van der Waals surface area contributed by atoms with Crippen LogP contribution in [-0.2, 0) is 10.0 Å². The van der Waals surface area contributed by atoms with Crippen molar-refractivity contribution in [3.63, 3.8) is 0 Å². The van der Waals surface area contributed by atoms with Crippen LogP contribution >= 0.6 is 11.6 Å². The zero-order chi connectivity index (χ0) is 12.6. The lowest BCUT2D eigenvalue weighted by atomic mass is 10.2. The highest BCUT2D eigenvalue weighted by Crippen LogP contribution is 2.25. The summed E-state index contributed by atoms with van der Waals surface area (Å²) in [5.41, 5.74) is 0.232. The van der Waals surface area contributed by atoms with Gasteiger partial charge in [0.2, 0.25) is 15.6 Å². The van der Waals surface area contributed by atoms with E-state index >= 15 is 0 Å². The first-order valence-corrected chi connectivity index (χ1v) is 6.56. The van der Waals surface area contributed by atoms with Gasteiger partial charge < -0.3 is 4.98 Å². The summed E-state index contributed by atoms with van der Waals surface area (Å²) in [6, 6.07) is 5.70. The fraction of sp³-hybridized carbons (Fsp3) is 0.100. The van der Waals surface area contributed by atoms with Gasteiger partial charge in [-0.1, -0.05) is 11.6 Å². The summed E-state index contributed by atoms with van der Waals surface area (Å²) in [5, 5.41) is 0.663. The molecule has 2 aromatic rings. The smallest absolute Gasteiger partial charge is 0.248 e. The van der Waals surface area contributed by atoms with Crippen LogP contribution in [0.25, 0.3) is 10.9 Å². The largest absolute Gasteiger partial charge is 0.322 e. The second-order valence-corrected chi connectivity index (χ2v) is 5.66. The molecule has 0 saturated heterocycles. The van der Waals surface area contributed by atoms with Crippen LogP contribution in [0.5, 0.6) is 0 Å². The minimum Gasteiger partial charge on any atom is -0.322 e. The predicted molar refractivity (Wildman–Crippen MR) is 65.8 cm³/mol. The van der Waals surface area contributed by atoms with Crippen molar-refractivity contribution in [1.82, 2.24) is 9.71 Å². The highest BCUT2D eigenvalue weighted by molar-refractivity contribution is 7.89. The maximum absolute atomic E-state index is 11.7. The van der Waals surface area contributed by atoms with Crippen LogP contribution in [0.4, 0.5) is 0 Å². The lowest BCUT2D eigenvalue weighted by Crippen LogP contribution is -2.19. The van der Waals surface area contributed by atoms with E-state index in [1.807, 2.05) is 0 Å². The number of aromatic amines is 1. The zero-order valence-corrected chi connectivity index (χ0v) is 10.4. The SMILES string of the molecule is CNS(=O)(=O)c1cc2ccc(=O)[nH]c2cc1Cl. The number of pyridine rings is 1. The van der Waals surface area contributed by atoms with E-state index in [1.54, 1.807) is 6.07 Å². The van der Waals surface area contributed by atoms with Crippen LogP contribution in [-0.4, -0.2) is 20.4 Å². The molecule has 0 aliphatic rings. The molecule has 1 aromatic carbocycles. The van der Waals surface area contributed by atoms with Crippen LogP contribution in [0.15, 0.2) is 34.0 Å². The summed E-state index contributed by atoms with van der Waals surface area (Å²) in [6.07, 6.45) is 0. The fourth-order valence-electron chi connectivity index (χ4n) is 1.47. The van der Waals surface area contributed by atoms with E-state index in [1.165, 1.54) is 25.2 Å². The number of aromatic nitrogens is 1.